The Bertz CT molecular complexity index is 874. The second-order valence-corrected chi connectivity index (χ2v) is 5.19. The van der Waals surface area contributed by atoms with Gasteiger partial charge in [0.25, 0.3) is 0 Å². The third kappa shape index (κ3) is 2.39. The smallest absolute Gasteiger partial charge is 0.335 e. The zero-order valence-corrected chi connectivity index (χ0v) is 12.4. The number of hydrogen-bond donors (Lipinski definition) is 1. The number of carboxylic acid groups (broad SMARTS) is 1. The molecule has 110 valence electrons. The van der Waals surface area contributed by atoms with E-state index in [1.54, 1.807) is 24.3 Å². The van der Waals surface area contributed by atoms with Gasteiger partial charge in [0, 0.05) is 35.4 Å². The van der Waals surface area contributed by atoms with Gasteiger partial charge in [-0.25, -0.2) is 4.79 Å². The van der Waals surface area contributed by atoms with Crippen molar-refractivity contribution in [2.45, 2.75) is 6.92 Å². The van der Waals surface area contributed by atoms with Crippen molar-refractivity contribution < 1.29 is 9.90 Å². The molecule has 1 aromatic heterocycles. The molecule has 4 heteroatoms. The molecule has 0 spiro atoms. The van der Waals surface area contributed by atoms with Gasteiger partial charge in [0.2, 0.25) is 0 Å². The first-order chi connectivity index (χ1) is 10.6. The van der Waals surface area contributed by atoms with Crippen molar-refractivity contribution in [3.8, 4) is 0 Å². The second-order valence-electron chi connectivity index (χ2n) is 5.19. The fourth-order valence-electron chi connectivity index (χ4n) is 2.54. The number of rotatable bonds is 3. The molecule has 0 aliphatic rings. The van der Waals surface area contributed by atoms with E-state index in [2.05, 4.69) is 28.6 Å². The quantitative estimate of drug-likeness (QED) is 0.743. The Balaban J connectivity index is 1.99. The highest BCUT2D eigenvalue weighted by atomic mass is 16.4. The van der Waals surface area contributed by atoms with E-state index in [1.165, 1.54) is 5.52 Å². The van der Waals surface area contributed by atoms with E-state index in [0.29, 0.717) is 0 Å². The lowest BCUT2D eigenvalue weighted by Crippen LogP contribution is -1.94. The van der Waals surface area contributed by atoms with Crippen LogP contribution in [-0.2, 0) is 7.05 Å². The number of benzene rings is 2. The van der Waals surface area contributed by atoms with Crippen LogP contribution in [0.4, 0.5) is 5.69 Å². The number of aromatic nitrogens is 1. The normalized spacial score (nSPS) is 11.4. The number of aryl methyl sites for hydroxylation is 1. The van der Waals surface area contributed by atoms with Crippen LogP contribution in [0.5, 0.6) is 0 Å². The Kier molecular flexibility index (Phi) is 3.51. The molecule has 0 aliphatic carbocycles. The number of para-hydroxylation sites is 1. The molecule has 1 N–H and O–H groups in total. The van der Waals surface area contributed by atoms with E-state index in [1.807, 2.05) is 25.4 Å². The number of aromatic carboxylic acids is 1. The zero-order chi connectivity index (χ0) is 15.7. The van der Waals surface area contributed by atoms with Crippen LogP contribution in [0.15, 0.2) is 53.5 Å². The van der Waals surface area contributed by atoms with Gasteiger partial charge in [-0.3, -0.25) is 4.99 Å². The van der Waals surface area contributed by atoms with Crippen molar-refractivity contribution in [3.05, 3.63) is 65.4 Å². The van der Waals surface area contributed by atoms with Crippen molar-refractivity contribution in [1.82, 2.24) is 4.57 Å². The van der Waals surface area contributed by atoms with Gasteiger partial charge in [0.1, 0.15) is 0 Å². The first-order valence-corrected chi connectivity index (χ1v) is 6.99. The lowest BCUT2D eigenvalue weighted by Gasteiger charge is -1.98. The Labute approximate surface area is 128 Å². The van der Waals surface area contributed by atoms with Gasteiger partial charge in [0.15, 0.2) is 0 Å². The highest BCUT2D eigenvalue weighted by molar-refractivity contribution is 6.01. The lowest BCUT2D eigenvalue weighted by molar-refractivity contribution is 0.0697. The molecule has 0 aliphatic heterocycles. The molecular formula is C18H16N2O2. The molecule has 0 radical (unpaired) electrons. The van der Waals surface area contributed by atoms with E-state index in [4.69, 9.17) is 5.11 Å². The van der Waals surface area contributed by atoms with Crippen LogP contribution in [0.1, 0.15) is 21.6 Å². The molecule has 3 aromatic rings. The molecule has 0 amide bonds. The summed E-state index contributed by atoms with van der Waals surface area (Å²) in [7, 11) is 2.04. The minimum Gasteiger partial charge on any atom is -0.478 e. The van der Waals surface area contributed by atoms with Crippen molar-refractivity contribution in [2.75, 3.05) is 0 Å². The molecule has 4 nitrogen and oxygen atoms in total. The standard InChI is InChI=1S/C18H16N2O2/c1-12-16(15-5-3-4-6-17(15)20(12)2)11-19-14-9-7-13(8-10-14)18(21)22/h3-11H,1-2H3,(H,21,22). The highest BCUT2D eigenvalue weighted by Gasteiger charge is 2.09. The van der Waals surface area contributed by atoms with Crippen LogP contribution in [0.2, 0.25) is 0 Å². The summed E-state index contributed by atoms with van der Waals surface area (Å²) in [4.78, 5) is 15.3. The van der Waals surface area contributed by atoms with E-state index in [0.717, 1.165) is 22.3 Å². The van der Waals surface area contributed by atoms with Gasteiger partial charge in [0.05, 0.1) is 11.3 Å². The molecule has 2 aromatic carbocycles. The Morgan fingerprint density at radius 2 is 1.82 bits per heavy atom. The number of aliphatic imine (C=N–C) groups is 1. The zero-order valence-electron chi connectivity index (χ0n) is 12.4. The first-order valence-electron chi connectivity index (χ1n) is 6.99. The van der Waals surface area contributed by atoms with Crippen LogP contribution in [0.3, 0.4) is 0 Å². The summed E-state index contributed by atoms with van der Waals surface area (Å²) < 4.78 is 2.14. The molecule has 0 bridgehead atoms. The maximum atomic E-state index is 10.8. The summed E-state index contributed by atoms with van der Waals surface area (Å²) in [6.45, 7) is 2.06. The molecule has 0 saturated heterocycles. The van der Waals surface area contributed by atoms with Crippen LogP contribution < -0.4 is 0 Å². The van der Waals surface area contributed by atoms with E-state index in [9.17, 15) is 4.79 Å². The molecule has 1 heterocycles. The van der Waals surface area contributed by atoms with Crippen LogP contribution >= 0.6 is 0 Å². The number of carbonyl (C=O) groups is 1. The summed E-state index contributed by atoms with van der Waals surface area (Å²) in [6, 6.07) is 14.7. The summed E-state index contributed by atoms with van der Waals surface area (Å²) >= 11 is 0. The van der Waals surface area contributed by atoms with Crippen LogP contribution in [0, 0.1) is 6.92 Å². The largest absolute Gasteiger partial charge is 0.478 e. The number of fused-ring (bicyclic) bond motifs is 1. The fraction of sp³-hybridized carbons (Fsp3) is 0.111. The number of hydrogen-bond acceptors (Lipinski definition) is 2. The second kappa shape index (κ2) is 5.48. The maximum Gasteiger partial charge on any atom is 0.335 e. The van der Waals surface area contributed by atoms with E-state index >= 15 is 0 Å². The molecule has 0 fully saturated rings. The fourth-order valence-corrected chi connectivity index (χ4v) is 2.54. The summed E-state index contributed by atoms with van der Waals surface area (Å²) in [6.07, 6.45) is 1.84. The van der Waals surface area contributed by atoms with Gasteiger partial charge in [-0.05, 0) is 37.3 Å². The molecule has 0 saturated carbocycles. The average Bonchev–Trinajstić information content (AvgIpc) is 2.78. The Hall–Kier alpha value is -2.88. The van der Waals surface area contributed by atoms with Gasteiger partial charge in [-0.1, -0.05) is 18.2 Å². The predicted molar refractivity (Wildman–Crippen MR) is 88.3 cm³/mol. The van der Waals surface area contributed by atoms with Crippen molar-refractivity contribution in [2.24, 2.45) is 12.0 Å². The Morgan fingerprint density at radius 3 is 2.50 bits per heavy atom. The van der Waals surface area contributed by atoms with Crippen LogP contribution in [0.25, 0.3) is 10.9 Å². The van der Waals surface area contributed by atoms with Gasteiger partial charge >= 0.3 is 5.97 Å². The number of carboxylic acids is 1. The molecule has 22 heavy (non-hydrogen) atoms. The highest BCUT2D eigenvalue weighted by Crippen LogP contribution is 2.24. The maximum absolute atomic E-state index is 10.8. The topological polar surface area (TPSA) is 54.6 Å². The van der Waals surface area contributed by atoms with Crippen molar-refractivity contribution in [3.63, 3.8) is 0 Å². The van der Waals surface area contributed by atoms with Gasteiger partial charge in [-0.2, -0.15) is 0 Å². The monoisotopic (exact) mass is 292 g/mol. The van der Waals surface area contributed by atoms with E-state index < -0.39 is 5.97 Å². The third-order valence-corrected chi connectivity index (χ3v) is 3.91. The Morgan fingerprint density at radius 1 is 1.14 bits per heavy atom. The predicted octanol–water partition coefficient (Wildman–Crippen LogP) is 3.94. The molecular weight excluding hydrogens is 276 g/mol. The van der Waals surface area contributed by atoms with Crippen LogP contribution in [-0.4, -0.2) is 21.9 Å². The minimum atomic E-state index is -0.930. The number of nitrogens with zero attached hydrogens (tertiary/aromatic N) is 2. The van der Waals surface area contributed by atoms with Gasteiger partial charge < -0.3 is 9.67 Å². The molecule has 3 rings (SSSR count). The SMILES string of the molecule is Cc1c(C=Nc2ccc(C(=O)O)cc2)c2ccccc2n1C. The van der Waals surface area contributed by atoms with Gasteiger partial charge in [-0.15, -0.1) is 0 Å². The lowest BCUT2D eigenvalue weighted by atomic mass is 10.1. The average molecular weight is 292 g/mol. The summed E-state index contributed by atoms with van der Waals surface area (Å²) in [5.41, 5.74) is 4.40. The molecule has 0 unspecified atom stereocenters. The minimum absolute atomic E-state index is 0.264. The molecule has 0 atom stereocenters. The van der Waals surface area contributed by atoms with Crippen molar-refractivity contribution in [1.29, 1.82) is 0 Å². The van der Waals surface area contributed by atoms with E-state index in [-0.39, 0.29) is 5.56 Å². The summed E-state index contributed by atoms with van der Waals surface area (Å²) in [5.74, 6) is -0.930. The first kappa shape index (κ1) is 14.1. The van der Waals surface area contributed by atoms with Crippen molar-refractivity contribution >= 4 is 28.8 Å². The summed E-state index contributed by atoms with van der Waals surface area (Å²) in [5, 5.41) is 10.1. The third-order valence-electron chi connectivity index (χ3n) is 3.91.